The van der Waals surface area contributed by atoms with Gasteiger partial charge in [-0.05, 0) is 13.8 Å². The van der Waals surface area contributed by atoms with Gasteiger partial charge in [-0.25, -0.2) is 4.68 Å². The van der Waals surface area contributed by atoms with Crippen molar-refractivity contribution in [3.63, 3.8) is 0 Å². The van der Waals surface area contributed by atoms with Crippen LogP contribution >= 0.6 is 15.9 Å². The number of hydrogen-bond donors (Lipinski definition) is 0. The SMILES string of the molecule is CCN(CC)c1cnn(CCBr)c(=O)c1. The van der Waals surface area contributed by atoms with Crippen LogP contribution in [-0.4, -0.2) is 28.2 Å². The lowest BCUT2D eigenvalue weighted by Gasteiger charge is -2.20. The number of rotatable bonds is 5. The molecule has 0 N–H and O–H groups in total. The molecular formula is C10H16BrN3O. The topological polar surface area (TPSA) is 38.1 Å². The highest BCUT2D eigenvalue weighted by atomic mass is 79.9. The van der Waals surface area contributed by atoms with Crippen molar-refractivity contribution in [2.45, 2.75) is 20.4 Å². The fourth-order valence-electron chi connectivity index (χ4n) is 1.43. The van der Waals surface area contributed by atoms with Crippen LogP contribution in [0.1, 0.15) is 13.8 Å². The van der Waals surface area contributed by atoms with Gasteiger partial charge >= 0.3 is 0 Å². The Bertz CT molecular complexity index is 360. The Morgan fingerprint density at radius 2 is 2.13 bits per heavy atom. The molecule has 0 radical (unpaired) electrons. The van der Waals surface area contributed by atoms with Crippen LogP contribution in [0, 0.1) is 0 Å². The minimum absolute atomic E-state index is 0.0427. The maximum atomic E-state index is 11.6. The van der Waals surface area contributed by atoms with Crippen LogP contribution in [-0.2, 0) is 6.54 Å². The highest BCUT2D eigenvalue weighted by Crippen LogP contribution is 2.07. The highest BCUT2D eigenvalue weighted by molar-refractivity contribution is 9.09. The zero-order chi connectivity index (χ0) is 11.3. The van der Waals surface area contributed by atoms with Gasteiger partial charge in [0.2, 0.25) is 0 Å². The first-order valence-corrected chi connectivity index (χ1v) is 6.23. The molecule has 0 spiro atoms. The zero-order valence-corrected chi connectivity index (χ0v) is 10.7. The predicted molar refractivity (Wildman–Crippen MR) is 65.9 cm³/mol. The minimum Gasteiger partial charge on any atom is -0.371 e. The molecule has 84 valence electrons. The maximum absolute atomic E-state index is 11.6. The van der Waals surface area contributed by atoms with Crippen LogP contribution in [0.15, 0.2) is 17.1 Å². The summed E-state index contributed by atoms with van der Waals surface area (Å²) in [6, 6.07) is 1.64. The number of aromatic nitrogens is 2. The standard InChI is InChI=1S/C10H16BrN3O/c1-3-13(4-2)9-7-10(15)14(6-5-11)12-8-9/h7-8H,3-6H2,1-2H3. The number of hydrogen-bond acceptors (Lipinski definition) is 3. The molecule has 0 aliphatic carbocycles. The molecule has 0 fully saturated rings. The lowest BCUT2D eigenvalue weighted by atomic mass is 10.4. The van der Waals surface area contributed by atoms with E-state index in [4.69, 9.17) is 0 Å². The average Bonchev–Trinajstić information content (AvgIpc) is 2.24. The van der Waals surface area contributed by atoms with Crippen molar-refractivity contribution < 1.29 is 0 Å². The monoisotopic (exact) mass is 273 g/mol. The molecule has 0 bridgehead atoms. The van der Waals surface area contributed by atoms with Crippen molar-refractivity contribution in [2.75, 3.05) is 23.3 Å². The largest absolute Gasteiger partial charge is 0.371 e. The Kier molecular flexibility index (Phi) is 4.81. The van der Waals surface area contributed by atoms with Crippen LogP contribution in [0.2, 0.25) is 0 Å². The van der Waals surface area contributed by atoms with Crippen LogP contribution in [0.3, 0.4) is 0 Å². The molecule has 0 aliphatic heterocycles. The van der Waals surface area contributed by atoms with E-state index < -0.39 is 0 Å². The van der Waals surface area contributed by atoms with Gasteiger partial charge in [-0.15, -0.1) is 0 Å². The summed E-state index contributed by atoms with van der Waals surface area (Å²) >= 11 is 3.28. The smallest absolute Gasteiger partial charge is 0.268 e. The second-order valence-corrected chi connectivity index (χ2v) is 3.93. The Morgan fingerprint density at radius 1 is 1.47 bits per heavy atom. The van der Waals surface area contributed by atoms with Gasteiger partial charge in [0, 0.05) is 24.5 Å². The third-order valence-corrected chi connectivity index (χ3v) is 2.63. The van der Waals surface area contributed by atoms with E-state index in [2.05, 4.69) is 39.8 Å². The lowest BCUT2D eigenvalue weighted by molar-refractivity contribution is 0.621. The van der Waals surface area contributed by atoms with Gasteiger partial charge in [0.1, 0.15) is 0 Å². The van der Waals surface area contributed by atoms with Gasteiger partial charge in [-0.1, -0.05) is 15.9 Å². The lowest BCUT2D eigenvalue weighted by Crippen LogP contribution is -2.28. The average molecular weight is 274 g/mol. The molecule has 0 aliphatic rings. The van der Waals surface area contributed by atoms with Crippen LogP contribution in [0.5, 0.6) is 0 Å². The van der Waals surface area contributed by atoms with Gasteiger partial charge in [0.05, 0.1) is 18.4 Å². The van der Waals surface area contributed by atoms with Crippen molar-refractivity contribution in [3.05, 3.63) is 22.6 Å². The molecule has 15 heavy (non-hydrogen) atoms. The minimum atomic E-state index is -0.0427. The molecule has 5 heteroatoms. The number of aryl methyl sites for hydroxylation is 1. The number of anilines is 1. The summed E-state index contributed by atoms with van der Waals surface area (Å²) in [6.45, 7) is 6.51. The van der Waals surface area contributed by atoms with E-state index >= 15 is 0 Å². The van der Waals surface area contributed by atoms with E-state index in [-0.39, 0.29) is 5.56 Å². The van der Waals surface area contributed by atoms with Crippen molar-refractivity contribution >= 4 is 21.6 Å². The molecule has 0 atom stereocenters. The number of alkyl halides is 1. The second kappa shape index (κ2) is 5.90. The van der Waals surface area contributed by atoms with E-state index in [1.54, 1.807) is 12.3 Å². The van der Waals surface area contributed by atoms with Gasteiger partial charge in [-0.2, -0.15) is 5.10 Å². The Labute approximate surface area is 98.0 Å². The molecule has 1 heterocycles. The fourth-order valence-corrected chi connectivity index (χ4v) is 1.77. The van der Waals surface area contributed by atoms with Gasteiger partial charge in [0.25, 0.3) is 5.56 Å². The first-order chi connectivity index (χ1) is 7.22. The van der Waals surface area contributed by atoms with E-state index in [1.165, 1.54) is 4.68 Å². The first kappa shape index (κ1) is 12.2. The summed E-state index contributed by atoms with van der Waals surface area (Å²) in [5.74, 6) is 0. The van der Waals surface area contributed by atoms with Crippen molar-refractivity contribution in [1.29, 1.82) is 0 Å². The van der Waals surface area contributed by atoms with E-state index in [9.17, 15) is 4.79 Å². The molecule has 1 aromatic rings. The molecule has 0 aromatic carbocycles. The Hall–Kier alpha value is -0.840. The molecule has 1 aromatic heterocycles. The Balaban J connectivity index is 2.95. The van der Waals surface area contributed by atoms with Crippen LogP contribution < -0.4 is 10.5 Å². The highest BCUT2D eigenvalue weighted by Gasteiger charge is 2.04. The van der Waals surface area contributed by atoms with E-state index in [0.717, 1.165) is 24.1 Å². The van der Waals surface area contributed by atoms with Crippen molar-refractivity contribution in [1.82, 2.24) is 9.78 Å². The van der Waals surface area contributed by atoms with Crippen LogP contribution in [0.4, 0.5) is 5.69 Å². The second-order valence-electron chi connectivity index (χ2n) is 3.14. The fraction of sp³-hybridized carbons (Fsp3) is 0.600. The zero-order valence-electron chi connectivity index (χ0n) is 9.11. The third kappa shape index (κ3) is 3.06. The Morgan fingerprint density at radius 3 is 2.60 bits per heavy atom. The number of halogens is 1. The molecule has 0 unspecified atom stereocenters. The molecule has 0 saturated heterocycles. The van der Waals surface area contributed by atoms with E-state index in [0.29, 0.717) is 6.54 Å². The summed E-state index contributed by atoms with van der Waals surface area (Å²) in [7, 11) is 0. The summed E-state index contributed by atoms with van der Waals surface area (Å²) in [6.07, 6.45) is 1.75. The molecule has 0 amide bonds. The quantitative estimate of drug-likeness (QED) is 0.763. The summed E-state index contributed by atoms with van der Waals surface area (Å²) in [4.78, 5) is 13.7. The molecule has 4 nitrogen and oxygen atoms in total. The van der Waals surface area contributed by atoms with Crippen molar-refractivity contribution in [2.24, 2.45) is 0 Å². The molecular weight excluding hydrogens is 258 g/mol. The summed E-state index contributed by atoms with van der Waals surface area (Å²) in [5, 5.41) is 4.86. The third-order valence-electron chi connectivity index (χ3n) is 2.28. The summed E-state index contributed by atoms with van der Waals surface area (Å²) < 4.78 is 1.46. The summed E-state index contributed by atoms with van der Waals surface area (Å²) in [5.41, 5.74) is 0.856. The normalized spacial score (nSPS) is 10.3. The van der Waals surface area contributed by atoms with E-state index in [1.807, 2.05) is 0 Å². The van der Waals surface area contributed by atoms with Gasteiger partial charge < -0.3 is 4.90 Å². The van der Waals surface area contributed by atoms with Crippen LogP contribution in [0.25, 0.3) is 0 Å². The predicted octanol–water partition coefficient (Wildman–Crippen LogP) is 1.48. The van der Waals surface area contributed by atoms with Gasteiger partial charge in [0.15, 0.2) is 0 Å². The van der Waals surface area contributed by atoms with Crippen molar-refractivity contribution in [3.8, 4) is 0 Å². The molecule has 1 rings (SSSR count). The first-order valence-electron chi connectivity index (χ1n) is 5.11. The van der Waals surface area contributed by atoms with Gasteiger partial charge in [-0.3, -0.25) is 4.79 Å². The number of nitrogens with zero attached hydrogens (tertiary/aromatic N) is 3. The molecule has 0 saturated carbocycles. The maximum Gasteiger partial charge on any atom is 0.268 e.